The molecule has 0 heterocycles. The van der Waals surface area contributed by atoms with Gasteiger partial charge in [-0.1, -0.05) is 0 Å². The van der Waals surface area contributed by atoms with Crippen molar-refractivity contribution in [3.63, 3.8) is 0 Å². The van der Waals surface area contributed by atoms with Crippen LogP contribution in [0.25, 0.3) is 0 Å². The molecule has 0 fully saturated rings. The van der Waals surface area contributed by atoms with Crippen LogP contribution in [-0.4, -0.2) is 24.9 Å². The highest BCUT2D eigenvalue weighted by molar-refractivity contribution is 14.1. The molecule has 16 heavy (non-hydrogen) atoms. The molecule has 4 nitrogen and oxygen atoms in total. The molecule has 0 aliphatic heterocycles. The summed E-state index contributed by atoms with van der Waals surface area (Å²) < 4.78 is 24.7. The summed E-state index contributed by atoms with van der Waals surface area (Å²) in [5.74, 6) is 0. The predicted molar refractivity (Wildman–Crippen MR) is 65.1 cm³/mol. The smallest absolute Gasteiger partial charge is 0.282 e. The first-order valence-corrected chi connectivity index (χ1v) is 5.43. The highest BCUT2D eigenvalue weighted by Gasteiger charge is 2.14. The number of anilines is 1. The van der Waals surface area contributed by atoms with Crippen molar-refractivity contribution in [2.75, 3.05) is 18.5 Å². The van der Waals surface area contributed by atoms with Crippen LogP contribution in [0.2, 0.25) is 0 Å². The van der Waals surface area contributed by atoms with Gasteiger partial charge in [0.05, 0.1) is 15.0 Å². The molecule has 0 radical (unpaired) electrons. The van der Waals surface area contributed by atoms with E-state index >= 15 is 0 Å². The summed E-state index contributed by atoms with van der Waals surface area (Å²) in [5, 5.41) is 10.5. The Morgan fingerprint density at radius 1 is 1.56 bits per heavy atom. The molecule has 1 aromatic rings. The van der Waals surface area contributed by atoms with Gasteiger partial charge in [0.2, 0.25) is 0 Å². The first-order chi connectivity index (χ1) is 7.41. The van der Waals surface area contributed by atoms with Crippen molar-refractivity contribution >= 4 is 34.0 Å². The van der Waals surface area contributed by atoms with Crippen LogP contribution in [0, 0.1) is 13.7 Å². The van der Waals surface area contributed by atoms with Crippen molar-refractivity contribution in [3.05, 3.63) is 31.9 Å². The van der Waals surface area contributed by atoms with E-state index in [1.54, 1.807) is 0 Å². The second-order valence-corrected chi connectivity index (χ2v) is 4.33. The van der Waals surface area contributed by atoms with Crippen LogP contribution in [0.1, 0.15) is 0 Å². The molecule has 0 bridgehead atoms. The lowest BCUT2D eigenvalue weighted by atomic mass is 10.2. The lowest BCUT2D eigenvalue weighted by molar-refractivity contribution is -0.385. The van der Waals surface area contributed by atoms with Crippen molar-refractivity contribution in [1.29, 1.82) is 0 Å². The van der Waals surface area contributed by atoms with Gasteiger partial charge in [0.1, 0.15) is 0 Å². The van der Waals surface area contributed by atoms with E-state index in [0.717, 1.165) is 0 Å². The number of halogens is 3. The molecule has 1 aromatic carbocycles. The van der Waals surface area contributed by atoms with Gasteiger partial charge in [0.25, 0.3) is 12.1 Å². The van der Waals surface area contributed by atoms with Crippen LogP contribution in [0.5, 0.6) is 0 Å². The Morgan fingerprint density at radius 3 is 2.62 bits per heavy atom. The molecular formula is C9H9F2IN2O2. The molecule has 0 unspecified atom stereocenters. The van der Waals surface area contributed by atoms with Gasteiger partial charge in [-0.2, -0.15) is 0 Å². The number of nitrogens with zero attached hydrogens (tertiary/aromatic N) is 2. The topological polar surface area (TPSA) is 46.4 Å². The van der Waals surface area contributed by atoms with Gasteiger partial charge in [0.15, 0.2) is 0 Å². The molecule has 0 aromatic heterocycles. The number of alkyl halides is 2. The van der Waals surface area contributed by atoms with E-state index < -0.39 is 17.9 Å². The third-order valence-electron chi connectivity index (χ3n) is 1.98. The first-order valence-electron chi connectivity index (χ1n) is 4.35. The third kappa shape index (κ3) is 3.26. The quantitative estimate of drug-likeness (QED) is 0.480. The van der Waals surface area contributed by atoms with Gasteiger partial charge in [-0.25, -0.2) is 8.78 Å². The fraction of sp³-hybridized carbons (Fsp3) is 0.333. The molecule has 0 N–H and O–H groups in total. The molecule has 0 amide bonds. The molecule has 0 atom stereocenters. The Hall–Kier alpha value is -0.990. The highest BCUT2D eigenvalue weighted by Crippen LogP contribution is 2.25. The maximum Gasteiger partial charge on any atom is 0.282 e. The van der Waals surface area contributed by atoms with Crippen LogP contribution in [0.4, 0.5) is 20.2 Å². The van der Waals surface area contributed by atoms with Crippen LogP contribution < -0.4 is 4.90 Å². The number of benzene rings is 1. The number of nitro groups is 1. The number of hydrogen-bond donors (Lipinski definition) is 0. The standard InChI is InChI=1S/C9H9F2IN2O2/c1-13(5-9(10)11)6-2-3-8(14(15)16)7(12)4-6/h2-4,9H,5H2,1H3. The fourth-order valence-electron chi connectivity index (χ4n) is 1.19. The monoisotopic (exact) mass is 342 g/mol. The molecule has 1 rings (SSSR count). The zero-order chi connectivity index (χ0) is 12.3. The summed E-state index contributed by atoms with van der Waals surface area (Å²) in [4.78, 5) is 11.4. The summed E-state index contributed by atoms with van der Waals surface area (Å²) in [5.41, 5.74) is 0.519. The summed E-state index contributed by atoms with van der Waals surface area (Å²) in [6.45, 7) is -0.395. The lowest BCUT2D eigenvalue weighted by Gasteiger charge is -2.18. The predicted octanol–water partition coefficient (Wildman–Crippen LogP) is 2.90. The fourth-order valence-corrected chi connectivity index (χ4v) is 1.89. The Morgan fingerprint density at radius 2 is 2.19 bits per heavy atom. The average molecular weight is 342 g/mol. The van der Waals surface area contributed by atoms with Gasteiger partial charge < -0.3 is 4.90 Å². The Balaban J connectivity index is 2.92. The highest BCUT2D eigenvalue weighted by atomic mass is 127. The summed E-state index contributed by atoms with van der Waals surface area (Å²) in [6.07, 6.45) is -2.43. The van der Waals surface area contributed by atoms with Crippen molar-refractivity contribution in [3.8, 4) is 0 Å². The van der Waals surface area contributed by atoms with E-state index in [2.05, 4.69) is 0 Å². The normalized spacial score (nSPS) is 10.6. The van der Waals surface area contributed by atoms with E-state index in [1.165, 1.54) is 30.1 Å². The van der Waals surface area contributed by atoms with E-state index in [4.69, 9.17) is 0 Å². The maximum atomic E-state index is 12.1. The molecule has 0 spiro atoms. The minimum Gasteiger partial charge on any atom is -0.369 e. The summed E-state index contributed by atoms with van der Waals surface area (Å²) >= 11 is 1.81. The molecule has 88 valence electrons. The van der Waals surface area contributed by atoms with Crippen molar-refractivity contribution < 1.29 is 13.7 Å². The molecule has 0 aliphatic rings. The van der Waals surface area contributed by atoms with Gasteiger partial charge >= 0.3 is 0 Å². The number of nitro benzene ring substituents is 1. The van der Waals surface area contributed by atoms with E-state index in [9.17, 15) is 18.9 Å². The first kappa shape index (κ1) is 13.1. The molecule has 7 heteroatoms. The molecule has 0 aliphatic carbocycles. The van der Waals surface area contributed by atoms with Gasteiger partial charge in [-0.3, -0.25) is 10.1 Å². The van der Waals surface area contributed by atoms with E-state index in [-0.39, 0.29) is 5.69 Å². The Bertz CT molecular complexity index is 401. The third-order valence-corrected chi connectivity index (χ3v) is 2.84. The second-order valence-electron chi connectivity index (χ2n) is 3.16. The van der Waals surface area contributed by atoms with Crippen molar-refractivity contribution in [1.82, 2.24) is 0 Å². The van der Waals surface area contributed by atoms with Crippen LogP contribution >= 0.6 is 22.6 Å². The van der Waals surface area contributed by atoms with E-state index in [0.29, 0.717) is 9.26 Å². The Labute approximate surface area is 105 Å². The minimum absolute atomic E-state index is 0.0187. The van der Waals surface area contributed by atoms with Crippen LogP contribution in [0.3, 0.4) is 0 Å². The van der Waals surface area contributed by atoms with E-state index in [1.807, 2.05) is 22.6 Å². The summed E-state index contributed by atoms with van der Waals surface area (Å²) in [7, 11) is 1.52. The maximum absolute atomic E-state index is 12.1. The average Bonchev–Trinajstić information content (AvgIpc) is 2.15. The Kier molecular flexibility index (Phi) is 4.39. The largest absolute Gasteiger partial charge is 0.369 e. The van der Waals surface area contributed by atoms with Crippen molar-refractivity contribution in [2.24, 2.45) is 0 Å². The van der Waals surface area contributed by atoms with Crippen LogP contribution in [0.15, 0.2) is 18.2 Å². The lowest BCUT2D eigenvalue weighted by Crippen LogP contribution is -2.24. The molecule has 0 saturated carbocycles. The summed E-state index contributed by atoms with van der Waals surface area (Å²) in [6, 6.07) is 4.29. The zero-order valence-corrected chi connectivity index (χ0v) is 10.5. The SMILES string of the molecule is CN(CC(F)F)c1ccc([N+](=O)[O-])c(I)c1. The van der Waals surface area contributed by atoms with Gasteiger partial charge in [-0.15, -0.1) is 0 Å². The molecule has 0 saturated heterocycles. The second kappa shape index (κ2) is 5.37. The van der Waals surface area contributed by atoms with Gasteiger partial charge in [0, 0.05) is 18.8 Å². The van der Waals surface area contributed by atoms with Gasteiger partial charge in [-0.05, 0) is 34.7 Å². The number of hydrogen-bond acceptors (Lipinski definition) is 3. The zero-order valence-electron chi connectivity index (χ0n) is 8.36. The molecular weight excluding hydrogens is 333 g/mol. The number of rotatable bonds is 4. The van der Waals surface area contributed by atoms with Crippen molar-refractivity contribution in [2.45, 2.75) is 6.43 Å². The van der Waals surface area contributed by atoms with Crippen LogP contribution in [-0.2, 0) is 0 Å². The minimum atomic E-state index is -2.43.